The minimum absolute atomic E-state index is 0.322. The summed E-state index contributed by atoms with van der Waals surface area (Å²) in [6.45, 7) is 0. The van der Waals surface area contributed by atoms with Crippen LogP contribution in [0.1, 0.15) is 86.2 Å². The van der Waals surface area contributed by atoms with Gasteiger partial charge in [0.1, 0.15) is 5.78 Å². The number of ketones is 1. The largest absolute Gasteiger partial charge is 0.299 e. The molecular weight excluding hydrogens is 270 g/mol. The highest BCUT2D eigenvalue weighted by Crippen LogP contribution is 2.39. The van der Waals surface area contributed by atoms with Gasteiger partial charge in [-0.25, -0.2) is 0 Å². The maximum Gasteiger partial charge on any atom is 0.135 e. The molecule has 0 aromatic carbocycles. The lowest BCUT2D eigenvalue weighted by molar-refractivity contribution is -0.124. The third-order valence-corrected chi connectivity index (χ3v) is 6.05. The molecule has 0 radical (unpaired) electrons. The Morgan fingerprint density at radius 1 is 0.864 bits per heavy atom. The minimum Gasteiger partial charge on any atom is -0.299 e. The van der Waals surface area contributed by atoms with Crippen molar-refractivity contribution in [3.05, 3.63) is 28.6 Å². The second-order valence-electron chi connectivity index (χ2n) is 7.58. The summed E-state index contributed by atoms with van der Waals surface area (Å²) in [4.78, 5) is 17.3. The molecule has 118 valence electrons. The van der Waals surface area contributed by atoms with E-state index >= 15 is 0 Å². The summed E-state index contributed by atoms with van der Waals surface area (Å²) < 4.78 is 0. The van der Waals surface area contributed by atoms with Crippen LogP contribution in [0.4, 0.5) is 0 Å². The van der Waals surface area contributed by atoms with Crippen LogP contribution >= 0.6 is 0 Å². The quantitative estimate of drug-likeness (QED) is 0.802. The monoisotopic (exact) mass is 297 g/mol. The Balaban J connectivity index is 1.59. The molecular formula is C20H27NO. The van der Waals surface area contributed by atoms with Crippen LogP contribution < -0.4 is 0 Å². The molecule has 0 saturated heterocycles. The van der Waals surface area contributed by atoms with E-state index in [9.17, 15) is 4.79 Å². The third-order valence-electron chi connectivity index (χ3n) is 6.05. The average molecular weight is 297 g/mol. The molecule has 1 aromatic heterocycles. The number of rotatable bonds is 2. The Labute approximate surface area is 133 Å². The number of carbonyl (C=O) groups excluding carboxylic acids is 1. The zero-order valence-electron chi connectivity index (χ0n) is 13.6. The van der Waals surface area contributed by atoms with Crippen LogP contribution in [-0.4, -0.2) is 10.8 Å². The molecule has 3 aliphatic carbocycles. The maximum atomic E-state index is 12.2. The molecule has 1 fully saturated rings. The first-order valence-corrected chi connectivity index (χ1v) is 9.35. The smallest absolute Gasteiger partial charge is 0.135 e. The summed E-state index contributed by atoms with van der Waals surface area (Å²) in [5, 5.41) is 0. The van der Waals surface area contributed by atoms with Crippen molar-refractivity contribution in [2.45, 2.75) is 83.0 Å². The van der Waals surface area contributed by atoms with Crippen molar-refractivity contribution in [1.29, 1.82) is 0 Å². The van der Waals surface area contributed by atoms with Gasteiger partial charge in [0.25, 0.3) is 0 Å². The number of pyridine rings is 1. The third kappa shape index (κ3) is 2.73. The first-order valence-electron chi connectivity index (χ1n) is 9.35. The normalized spacial score (nSPS) is 28.1. The fourth-order valence-corrected chi connectivity index (χ4v) is 4.80. The fraction of sp³-hybridized carbons (Fsp3) is 0.700. The van der Waals surface area contributed by atoms with Gasteiger partial charge in [-0.05, 0) is 75.3 Å². The highest BCUT2D eigenvalue weighted by molar-refractivity contribution is 5.81. The number of aromatic nitrogens is 1. The van der Waals surface area contributed by atoms with Gasteiger partial charge in [0.2, 0.25) is 0 Å². The first-order chi connectivity index (χ1) is 10.8. The predicted molar refractivity (Wildman–Crippen MR) is 88.1 cm³/mol. The second kappa shape index (κ2) is 6.14. The SMILES string of the molecule is O=C1CCCCC1CC1CCCc2cc3c(nc21)CCCC3. The Hall–Kier alpha value is -1.18. The van der Waals surface area contributed by atoms with Gasteiger partial charge < -0.3 is 0 Å². The van der Waals surface area contributed by atoms with E-state index in [-0.39, 0.29) is 0 Å². The molecule has 1 aromatic rings. The minimum atomic E-state index is 0.322. The molecule has 22 heavy (non-hydrogen) atoms. The number of Topliss-reactive ketones (excluding diaryl/α,β-unsaturated/α-hetero) is 1. The summed E-state index contributed by atoms with van der Waals surface area (Å²) in [6.07, 6.45) is 14.1. The van der Waals surface area contributed by atoms with Crippen molar-refractivity contribution in [2.24, 2.45) is 5.92 Å². The van der Waals surface area contributed by atoms with Gasteiger partial charge in [-0.15, -0.1) is 0 Å². The molecule has 2 unspecified atom stereocenters. The van der Waals surface area contributed by atoms with Crippen LogP contribution in [0, 0.1) is 5.92 Å². The fourth-order valence-electron chi connectivity index (χ4n) is 4.80. The van der Waals surface area contributed by atoms with Gasteiger partial charge in [-0.2, -0.15) is 0 Å². The number of aryl methyl sites for hydroxylation is 3. The number of hydrogen-bond donors (Lipinski definition) is 0. The Kier molecular flexibility index (Phi) is 4.02. The van der Waals surface area contributed by atoms with E-state index in [1.165, 1.54) is 67.5 Å². The highest BCUT2D eigenvalue weighted by atomic mass is 16.1. The molecule has 1 saturated carbocycles. The molecule has 2 nitrogen and oxygen atoms in total. The molecule has 3 aliphatic rings. The molecule has 0 spiro atoms. The molecule has 0 N–H and O–H groups in total. The van der Waals surface area contributed by atoms with Crippen LogP contribution in [0.5, 0.6) is 0 Å². The van der Waals surface area contributed by atoms with E-state index in [0.29, 0.717) is 17.6 Å². The lowest BCUT2D eigenvalue weighted by Crippen LogP contribution is -2.24. The van der Waals surface area contributed by atoms with E-state index in [1.54, 1.807) is 0 Å². The van der Waals surface area contributed by atoms with Crippen molar-refractivity contribution < 1.29 is 4.79 Å². The topological polar surface area (TPSA) is 30.0 Å². The predicted octanol–water partition coefficient (Wildman–Crippen LogP) is 4.53. The van der Waals surface area contributed by atoms with Gasteiger partial charge in [0, 0.05) is 29.6 Å². The van der Waals surface area contributed by atoms with Crippen LogP contribution in [0.25, 0.3) is 0 Å². The summed E-state index contributed by atoms with van der Waals surface area (Å²) in [5.74, 6) is 1.39. The van der Waals surface area contributed by atoms with E-state index in [1.807, 2.05) is 0 Å². The van der Waals surface area contributed by atoms with Crippen LogP contribution in [0.2, 0.25) is 0 Å². The van der Waals surface area contributed by atoms with Gasteiger partial charge >= 0.3 is 0 Å². The molecule has 0 bridgehead atoms. The maximum absolute atomic E-state index is 12.2. The van der Waals surface area contributed by atoms with Gasteiger partial charge in [0.05, 0.1) is 0 Å². The van der Waals surface area contributed by atoms with E-state index in [2.05, 4.69) is 6.07 Å². The number of fused-ring (bicyclic) bond motifs is 2. The van der Waals surface area contributed by atoms with Crippen molar-refractivity contribution >= 4 is 5.78 Å². The van der Waals surface area contributed by atoms with Crippen molar-refractivity contribution in [3.8, 4) is 0 Å². The van der Waals surface area contributed by atoms with E-state index in [0.717, 1.165) is 32.1 Å². The highest BCUT2D eigenvalue weighted by Gasteiger charge is 2.30. The number of carbonyl (C=O) groups is 1. The van der Waals surface area contributed by atoms with E-state index in [4.69, 9.17) is 4.98 Å². The van der Waals surface area contributed by atoms with Crippen molar-refractivity contribution in [2.75, 3.05) is 0 Å². The molecule has 4 rings (SSSR count). The summed E-state index contributed by atoms with van der Waals surface area (Å²) in [7, 11) is 0. The lowest BCUT2D eigenvalue weighted by atomic mass is 9.75. The van der Waals surface area contributed by atoms with Crippen molar-refractivity contribution in [3.63, 3.8) is 0 Å². The van der Waals surface area contributed by atoms with Gasteiger partial charge in [-0.3, -0.25) is 9.78 Å². The number of nitrogens with zero attached hydrogens (tertiary/aromatic N) is 1. The molecule has 0 amide bonds. The molecule has 0 aliphatic heterocycles. The van der Waals surface area contributed by atoms with Crippen molar-refractivity contribution in [1.82, 2.24) is 4.98 Å². The van der Waals surface area contributed by atoms with Crippen LogP contribution in [0.15, 0.2) is 6.07 Å². The number of hydrogen-bond acceptors (Lipinski definition) is 2. The Morgan fingerprint density at radius 3 is 2.55 bits per heavy atom. The summed E-state index contributed by atoms with van der Waals surface area (Å²) in [6, 6.07) is 2.46. The second-order valence-corrected chi connectivity index (χ2v) is 7.58. The zero-order chi connectivity index (χ0) is 14.9. The summed E-state index contributed by atoms with van der Waals surface area (Å²) in [5.41, 5.74) is 5.75. The lowest BCUT2D eigenvalue weighted by Gasteiger charge is -2.31. The molecule has 2 atom stereocenters. The first kappa shape index (κ1) is 14.4. The van der Waals surface area contributed by atoms with E-state index < -0.39 is 0 Å². The molecule has 1 heterocycles. The van der Waals surface area contributed by atoms with Gasteiger partial charge in [-0.1, -0.05) is 12.5 Å². The molecule has 2 heteroatoms. The average Bonchev–Trinajstić information content (AvgIpc) is 2.55. The zero-order valence-corrected chi connectivity index (χ0v) is 13.6. The van der Waals surface area contributed by atoms with Crippen LogP contribution in [0.3, 0.4) is 0 Å². The standard InChI is InChI=1S/C20H27NO/c22-19-11-4-2-7-15(19)13-17-9-5-8-16-12-14-6-1-3-10-18(14)21-20(16)17/h12,15,17H,1-11,13H2. The van der Waals surface area contributed by atoms with Gasteiger partial charge in [0.15, 0.2) is 0 Å². The Bertz CT molecular complexity index is 577. The Morgan fingerprint density at radius 2 is 1.64 bits per heavy atom. The summed E-state index contributed by atoms with van der Waals surface area (Å²) >= 11 is 0. The van der Waals surface area contributed by atoms with Crippen LogP contribution in [-0.2, 0) is 24.1 Å².